The molecule has 0 unspecified atom stereocenters. The minimum Gasteiger partial charge on any atom is -0.473 e. The van der Waals surface area contributed by atoms with E-state index in [1.165, 1.54) is 4.57 Å². The van der Waals surface area contributed by atoms with E-state index in [2.05, 4.69) is 4.98 Å². The first-order chi connectivity index (χ1) is 8.15. The summed E-state index contributed by atoms with van der Waals surface area (Å²) in [5.74, 6) is 0.334. The number of hydrogen-bond acceptors (Lipinski definition) is 4. The molecule has 5 heteroatoms. The van der Waals surface area contributed by atoms with Gasteiger partial charge in [0.05, 0.1) is 6.61 Å². The summed E-state index contributed by atoms with van der Waals surface area (Å²) in [5, 5.41) is 8.49. The summed E-state index contributed by atoms with van der Waals surface area (Å²) < 4.78 is 6.65. The Morgan fingerprint density at radius 2 is 2.12 bits per heavy atom. The third-order valence-corrected chi connectivity index (χ3v) is 1.81. The molecule has 1 N–H and O–H groups in total. The second-order valence-electron chi connectivity index (χ2n) is 3.09. The van der Waals surface area contributed by atoms with Gasteiger partial charge < -0.3 is 14.4 Å². The highest BCUT2D eigenvalue weighted by atomic mass is 16.5. The zero-order chi connectivity index (χ0) is 13.3. The van der Waals surface area contributed by atoms with Gasteiger partial charge in [-0.2, -0.15) is 4.98 Å². The molecule has 1 aromatic rings. The fourth-order valence-corrected chi connectivity index (χ4v) is 1.07. The van der Waals surface area contributed by atoms with E-state index in [9.17, 15) is 4.79 Å². The lowest BCUT2D eigenvalue weighted by Crippen LogP contribution is -2.20. The molecule has 5 nitrogen and oxygen atoms in total. The summed E-state index contributed by atoms with van der Waals surface area (Å²) in [6, 6.07) is 0. The van der Waals surface area contributed by atoms with Crippen molar-refractivity contribution in [3.8, 4) is 5.88 Å². The maximum Gasteiger partial charge on any atom is 0.350 e. The first-order valence-electron chi connectivity index (χ1n) is 5.58. The highest BCUT2D eigenvalue weighted by Gasteiger charge is 2.02. The molecule has 0 bridgehead atoms. The number of nitrogens with zero attached hydrogens (tertiary/aromatic N) is 2. The summed E-state index contributed by atoms with van der Waals surface area (Å²) in [7, 11) is 1.64. The van der Waals surface area contributed by atoms with Crippen LogP contribution in [0.25, 0.3) is 0 Å². The Hall–Kier alpha value is -1.62. The van der Waals surface area contributed by atoms with Crippen molar-refractivity contribution in [2.24, 2.45) is 7.05 Å². The molecule has 0 aliphatic carbocycles. The van der Waals surface area contributed by atoms with Crippen LogP contribution in [-0.2, 0) is 7.05 Å². The van der Waals surface area contributed by atoms with Gasteiger partial charge in [-0.1, -0.05) is 19.9 Å². The van der Waals surface area contributed by atoms with E-state index in [4.69, 9.17) is 9.84 Å². The van der Waals surface area contributed by atoms with Crippen LogP contribution >= 0.6 is 0 Å². The maximum atomic E-state index is 11.2. The normalized spacial score (nSPS) is 9.94. The summed E-state index contributed by atoms with van der Waals surface area (Å²) in [5.41, 5.74) is 0.455. The zero-order valence-electron chi connectivity index (χ0n) is 10.8. The molecule has 1 rings (SSSR count). The number of rotatable bonds is 4. The first kappa shape index (κ1) is 15.4. The zero-order valence-corrected chi connectivity index (χ0v) is 10.8. The Balaban J connectivity index is 0.00000121. The molecule has 96 valence electrons. The number of hydrogen-bond donors (Lipinski definition) is 1. The van der Waals surface area contributed by atoms with Crippen molar-refractivity contribution in [3.63, 3.8) is 0 Å². The van der Waals surface area contributed by atoms with E-state index in [1.54, 1.807) is 25.4 Å². The Morgan fingerprint density at radius 3 is 2.71 bits per heavy atom. The average Bonchev–Trinajstić information content (AvgIpc) is 2.33. The van der Waals surface area contributed by atoms with Crippen molar-refractivity contribution < 1.29 is 9.84 Å². The van der Waals surface area contributed by atoms with Crippen LogP contribution in [0.1, 0.15) is 19.4 Å². The molecule has 0 saturated carbocycles. The van der Waals surface area contributed by atoms with Gasteiger partial charge in [0.15, 0.2) is 0 Å². The number of aliphatic hydroxyl groups excluding tert-OH is 1. The first-order valence-corrected chi connectivity index (χ1v) is 5.58. The van der Waals surface area contributed by atoms with Crippen molar-refractivity contribution in [1.29, 1.82) is 0 Å². The molecule has 0 fully saturated rings. The van der Waals surface area contributed by atoms with Crippen molar-refractivity contribution in [2.45, 2.75) is 20.8 Å². The summed E-state index contributed by atoms with van der Waals surface area (Å²) in [6.07, 6.45) is 4.90. The quantitative estimate of drug-likeness (QED) is 0.799. The lowest BCUT2D eigenvalue weighted by molar-refractivity contribution is 0.329. The minimum absolute atomic E-state index is 0.0215. The number of aryl methyl sites for hydroxylation is 2. The van der Waals surface area contributed by atoms with Gasteiger partial charge in [0.25, 0.3) is 0 Å². The summed E-state index contributed by atoms with van der Waals surface area (Å²) >= 11 is 0. The maximum absolute atomic E-state index is 11.2. The fourth-order valence-electron chi connectivity index (χ4n) is 1.07. The highest BCUT2D eigenvalue weighted by molar-refractivity contribution is 5.20. The molecular weight excluding hydrogens is 220 g/mol. The van der Waals surface area contributed by atoms with Crippen LogP contribution < -0.4 is 10.4 Å². The number of ether oxygens (including phenoxy) is 1. The molecule has 0 aliphatic rings. The van der Waals surface area contributed by atoms with E-state index in [0.717, 1.165) is 5.56 Å². The van der Waals surface area contributed by atoms with E-state index in [-0.39, 0.29) is 12.3 Å². The smallest absolute Gasteiger partial charge is 0.350 e. The second kappa shape index (κ2) is 8.52. The van der Waals surface area contributed by atoms with Crippen molar-refractivity contribution in [2.75, 3.05) is 13.2 Å². The average molecular weight is 240 g/mol. The van der Waals surface area contributed by atoms with Crippen LogP contribution in [0.5, 0.6) is 5.88 Å². The molecule has 17 heavy (non-hydrogen) atoms. The molecule has 1 aromatic heterocycles. The Bertz CT molecular complexity index is 411. The summed E-state index contributed by atoms with van der Waals surface area (Å²) in [6.45, 7) is 6.09. The molecule has 0 atom stereocenters. The highest BCUT2D eigenvalue weighted by Crippen LogP contribution is 2.09. The van der Waals surface area contributed by atoms with E-state index < -0.39 is 0 Å². The van der Waals surface area contributed by atoms with E-state index in [1.807, 2.05) is 20.8 Å². The predicted octanol–water partition coefficient (Wildman–Crippen LogP) is 1.04. The van der Waals surface area contributed by atoms with Crippen molar-refractivity contribution in [1.82, 2.24) is 9.55 Å². The van der Waals surface area contributed by atoms with Gasteiger partial charge >= 0.3 is 5.69 Å². The van der Waals surface area contributed by atoms with Gasteiger partial charge in [-0.05, 0) is 13.0 Å². The molecule has 0 radical (unpaired) electrons. The van der Waals surface area contributed by atoms with Crippen molar-refractivity contribution >= 4 is 0 Å². The molecule has 1 heterocycles. The largest absolute Gasteiger partial charge is 0.473 e. The lowest BCUT2D eigenvalue weighted by atomic mass is 10.4. The fraction of sp³-hybridized carbons (Fsp3) is 0.500. The van der Waals surface area contributed by atoms with E-state index >= 15 is 0 Å². The molecule has 0 saturated heterocycles. The van der Waals surface area contributed by atoms with Gasteiger partial charge in [0, 0.05) is 18.8 Å². The van der Waals surface area contributed by atoms with Crippen LogP contribution in [0.2, 0.25) is 0 Å². The Morgan fingerprint density at radius 1 is 1.47 bits per heavy atom. The number of aliphatic hydroxyl groups is 1. The van der Waals surface area contributed by atoms with Crippen LogP contribution in [0.15, 0.2) is 23.1 Å². The van der Waals surface area contributed by atoms with Gasteiger partial charge in [-0.25, -0.2) is 4.79 Å². The van der Waals surface area contributed by atoms with E-state index in [0.29, 0.717) is 12.5 Å². The van der Waals surface area contributed by atoms with Crippen LogP contribution in [0.4, 0.5) is 0 Å². The Labute approximate surface area is 101 Å². The van der Waals surface area contributed by atoms with Gasteiger partial charge in [-0.3, -0.25) is 0 Å². The predicted molar refractivity (Wildman–Crippen MR) is 67.3 cm³/mol. The minimum atomic E-state index is -0.346. The molecule has 0 spiro atoms. The molecular formula is C12H20N2O3. The van der Waals surface area contributed by atoms with Gasteiger partial charge in [0.1, 0.15) is 6.61 Å². The third-order valence-electron chi connectivity index (χ3n) is 1.81. The van der Waals surface area contributed by atoms with Crippen LogP contribution in [0.3, 0.4) is 0 Å². The monoisotopic (exact) mass is 240 g/mol. The molecule has 0 aliphatic heterocycles. The van der Waals surface area contributed by atoms with Gasteiger partial charge in [-0.15, -0.1) is 0 Å². The molecule has 0 amide bonds. The SMILES string of the molecule is CC.Cc1cn(C)c(=O)nc1OC/C=C/CO. The Kier molecular flexibility index (Phi) is 7.71. The third kappa shape index (κ3) is 5.31. The van der Waals surface area contributed by atoms with Crippen LogP contribution in [0, 0.1) is 6.92 Å². The van der Waals surface area contributed by atoms with Crippen molar-refractivity contribution in [3.05, 3.63) is 34.4 Å². The van der Waals surface area contributed by atoms with Crippen LogP contribution in [-0.4, -0.2) is 27.9 Å². The lowest BCUT2D eigenvalue weighted by Gasteiger charge is -2.06. The molecule has 0 aromatic carbocycles. The topological polar surface area (TPSA) is 64.4 Å². The standard InChI is InChI=1S/C10H14N2O3.C2H6/c1-8-7-12(2)10(14)11-9(8)15-6-4-3-5-13;1-2/h3-4,7,13H,5-6H2,1-2H3;1-2H3/b4-3+;. The number of aromatic nitrogens is 2. The summed E-state index contributed by atoms with van der Waals surface area (Å²) in [4.78, 5) is 15.0. The second-order valence-corrected chi connectivity index (χ2v) is 3.09. The van der Waals surface area contributed by atoms with Gasteiger partial charge in [0.2, 0.25) is 5.88 Å².